The van der Waals surface area contributed by atoms with Crippen molar-refractivity contribution in [3.05, 3.63) is 41.9 Å². The van der Waals surface area contributed by atoms with E-state index in [1.807, 2.05) is 0 Å². The summed E-state index contributed by atoms with van der Waals surface area (Å²) in [7, 11) is 0.982. The first-order chi connectivity index (χ1) is 10.1. The summed E-state index contributed by atoms with van der Waals surface area (Å²) in [6.07, 6.45) is -6.57. The van der Waals surface area contributed by atoms with Crippen molar-refractivity contribution in [2.24, 2.45) is 0 Å². The molecule has 0 fully saturated rings. The largest absolute Gasteiger partial charge is 0.496 e. The Morgan fingerprint density at radius 2 is 1.64 bits per heavy atom. The van der Waals surface area contributed by atoms with E-state index in [1.54, 1.807) is 0 Å². The number of ether oxygens (including phenoxy) is 1. The Morgan fingerprint density at radius 1 is 0.955 bits per heavy atom. The molecule has 0 spiro atoms. The van der Waals surface area contributed by atoms with Crippen LogP contribution in [0.15, 0.2) is 30.7 Å². The Labute approximate surface area is 120 Å². The number of benzene rings is 1. The molecule has 2 aromatic rings. The van der Waals surface area contributed by atoms with E-state index < -0.39 is 34.8 Å². The Kier molecular flexibility index (Phi) is 3.99. The molecule has 1 aromatic heterocycles. The molecule has 0 unspecified atom stereocenters. The number of nitrogens with zero attached hydrogens (tertiary/aromatic N) is 2. The van der Waals surface area contributed by atoms with E-state index >= 15 is 0 Å². The van der Waals surface area contributed by atoms with E-state index in [1.165, 1.54) is 6.20 Å². The number of methoxy groups -OCH3 is 1. The average molecular weight is 322 g/mol. The molecule has 118 valence electrons. The SMILES string of the molecule is COc1cc(C(F)(F)F)cc(C(F)(F)F)c1-c1cnccn1. The number of halogens is 6. The summed E-state index contributed by atoms with van der Waals surface area (Å²) in [6.45, 7) is 0. The molecule has 22 heavy (non-hydrogen) atoms. The number of aromatic nitrogens is 2. The van der Waals surface area contributed by atoms with Crippen LogP contribution in [-0.4, -0.2) is 17.1 Å². The molecular weight excluding hydrogens is 314 g/mol. The van der Waals surface area contributed by atoms with Gasteiger partial charge in [-0.25, -0.2) is 0 Å². The number of hydrogen-bond donors (Lipinski definition) is 0. The van der Waals surface area contributed by atoms with Crippen molar-refractivity contribution < 1.29 is 31.1 Å². The van der Waals surface area contributed by atoms with E-state index in [4.69, 9.17) is 4.74 Å². The summed E-state index contributed by atoms with van der Waals surface area (Å²) in [6, 6.07) is 0.534. The zero-order valence-electron chi connectivity index (χ0n) is 11.0. The van der Waals surface area contributed by atoms with Gasteiger partial charge in [0.2, 0.25) is 0 Å². The van der Waals surface area contributed by atoms with Crippen molar-refractivity contribution in [1.82, 2.24) is 9.97 Å². The minimum Gasteiger partial charge on any atom is -0.496 e. The van der Waals surface area contributed by atoms with Gasteiger partial charge in [0.25, 0.3) is 0 Å². The lowest BCUT2D eigenvalue weighted by molar-refractivity contribution is -0.142. The fraction of sp³-hybridized carbons (Fsp3) is 0.231. The topological polar surface area (TPSA) is 35.0 Å². The summed E-state index contributed by atoms with van der Waals surface area (Å²) in [4.78, 5) is 7.32. The standard InChI is InChI=1S/C13H8F6N2O/c1-22-10-5-7(12(14,15)16)4-8(13(17,18)19)11(10)9-6-20-2-3-21-9/h2-6H,1H3. The van der Waals surface area contributed by atoms with Gasteiger partial charge in [-0.05, 0) is 12.1 Å². The lowest BCUT2D eigenvalue weighted by Crippen LogP contribution is -2.13. The number of alkyl halides is 6. The fourth-order valence-electron chi connectivity index (χ4n) is 1.86. The molecule has 0 saturated carbocycles. The monoisotopic (exact) mass is 322 g/mol. The zero-order chi connectivity index (χ0) is 16.5. The molecule has 3 nitrogen and oxygen atoms in total. The van der Waals surface area contributed by atoms with Crippen molar-refractivity contribution in [2.45, 2.75) is 12.4 Å². The predicted octanol–water partition coefficient (Wildman–Crippen LogP) is 4.19. The molecule has 0 atom stereocenters. The predicted molar refractivity (Wildman–Crippen MR) is 64.0 cm³/mol. The second kappa shape index (κ2) is 5.47. The molecule has 0 radical (unpaired) electrons. The quantitative estimate of drug-likeness (QED) is 0.778. The van der Waals surface area contributed by atoms with E-state index in [0.29, 0.717) is 6.07 Å². The van der Waals surface area contributed by atoms with Crippen LogP contribution in [0.25, 0.3) is 11.3 Å². The molecular formula is C13H8F6N2O. The van der Waals surface area contributed by atoms with Crippen LogP contribution in [0.4, 0.5) is 26.3 Å². The van der Waals surface area contributed by atoms with Crippen LogP contribution in [0.1, 0.15) is 11.1 Å². The maximum Gasteiger partial charge on any atom is 0.417 e. The smallest absolute Gasteiger partial charge is 0.417 e. The highest BCUT2D eigenvalue weighted by atomic mass is 19.4. The van der Waals surface area contributed by atoms with Crippen LogP contribution in [0.5, 0.6) is 5.75 Å². The Hall–Kier alpha value is -2.32. The summed E-state index contributed by atoms with van der Waals surface area (Å²) in [5.74, 6) is -0.581. The van der Waals surface area contributed by atoms with E-state index in [-0.39, 0.29) is 11.8 Å². The van der Waals surface area contributed by atoms with Crippen molar-refractivity contribution in [3.63, 3.8) is 0 Å². The van der Waals surface area contributed by atoms with Gasteiger partial charge >= 0.3 is 12.4 Å². The third-order valence-electron chi connectivity index (χ3n) is 2.77. The van der Waals surface area contributed by atoms with Gasteiger partial charge in [0.15, 0.2) is 0 Å². The van der Waals surface area contributed by atoms with Crippen LogP contribution >= 0.6 is 0 Å². The van der Waals surface area contributed by atoms with Crippen molar-refractivity contribution in [1.29, 1.82) is 0 Å². The van der Waals surface area contributed by atoms with Crippen LogP contribution in [0, 0.1) is 0 Å². The van der Waals surface area contributed by atoms with Crippen LogP contribution in [0.3, 0.4) is 0 Å². The highest BCUT2D eigenvalue weighted by molar-refractivity contribution is 5.72. The Morgan fingerprint density at radius 3 is 2.09 bits per heavy atom. The van der Waals surface area contributed by atoms with Gasteiger partial charge in [-0.2, -0.15) is 26.3 Å². The molecule has 0 aliphatic carbocycles. The molecule has 0 aliphatic rings. The summed E-state index contributed by atoms with van der Waals surface area (Å²) < 4.78 is 82.4. The van der Waals surface area contributed by atoms with Crippen LogP contribution in [0.2, 0.25) is 0 Å². The maximum absolute atomic E-state index is 13.1. The van der Waals surface area contributed by atoms with Gasteiger partial charge in [0.05, 0.1) is 35.7 Å². The normalized spacial score (nSPS) is 12.3. The first kappa shape index (κ1) is 16.1. The van der Waals surface area contributed by atoms with E-state index in [2.05, 4.69) is 9.97 Å². The summed E-state index contributed by atoms with van der Waals surface area (Å²) >= 11 is 0. The highest BCUT2D eigenvalue weighted by Gasteiger charge is 2.40. The van der Waals surface area contributed by atoms with Crippen molar-refractivity contribution in [2.75, 3.05) is 7.11 Å². The van der Waals surface area contributed by atoms with Gasteiger partial charge in [0.1, 0.15) is 5.75 Å². The second-order valence-corrected chi connectivity index (χ2v) is 4.19. The summed E-state index contributed by atoms with van der Waals surface area (Å²) in [5.41, 5.74) is -3.76. The lowest BCUT2D eigenvalue weighted by atomic mass is 9.99. The van der Waals surface area contributed by atoms with Crippen LogP contribution < -0.4 is 4.74 Å². The molecule has 9 heteroatoms. The molecule has 1 heterocycles. The first-order valence-electron chi connectivity index (χ1n) is 5.77. The number of rotatable bonds is 2. The van der Waals surface area contributed by atoms with E-state index in [0.717, 1.165) is 19.5 Å². The van der Waals surface area contributed by atoms with Gasteiger partial charge in [-0.3, -0.25) is 9.97 Å². The zero-order valence-corrected chi connectivity index (χ0v) is 11.0. The highest BCUT2D eigenvalue weighted by Crippen LogP contribution is 2.45. The molecule has 0 bridgehead atoms. The Balaban J connectivity index is 2.81. The minimum atomic E-state index is -5.01. The molecule has 1 aromatic carbocycles. The van der Waals surface area contributed by atoms with Gasteiger partial charge in [-0.1, -0.05) is 0 Å². The van der Waals surface area contributed by atoms with Gasteiger partial charge in [0, 0.05) is 12.4 Å². The molecule has 2 rings (SSSR count). The number of hydrogen-bond acceptors (Lipinski definition) is 3. The maximum atomic E-state index is 13.1. The minimum absolute atomic E-state index is 0.0343. The van der Waals surface area contributed by atoms with Crippen LogP contribution in [-0.2, 0) is 12.4 Å². The van der Waals surface area contributed by atoms with Crippen molar-refractivity contribution in [3.8, 4) is 17.0 Å². The molecule has 0 saturated heterocycles. The average Bonchev–Trinajstić information content (AvgIpc) is 2.44. The van der Waals surface area contributed by atoms with Crippen molar-refractivity contribution >= 4 is 0 Å². The molecule has 0 aliphatic heterocycles. The Bertz CT molecular complexity index is 667. The third kappa shape index (κ3) is 3.12. The van der Waals surface area contributed by atoms with E-state index in [9.17, 15) is 26.3 Å². The summed E-state index contributed by atoms with van der Waals surface area (Å²) in [5, 5.41) is 0. The first-order valence-corrected chi connectivity index (χ1v) is 5.77. The fourth-order valence-corrected chi connectivity index (χ4v) is 1.86. The van der Waals surface area contributed by atoms with Gasteiger partial charge in [-0.15, -0.1) is 0 Å². The third-order valence-corrected chi connectivity index (χ3v) is 2.77. The molecule has 0 N–H and O–H groups in total. The second-order valence-electron chi connectivity index (χ2n) is 4.19. The lowest BCUT2D eigenvalue weighted by Gasteiger charge is -2.18. The van der Waals surface area contributed by atoms with Gasteiger partial charge < -0.3 is 4.74 Å². The molecule has 0 amide bonds.